The lowest BCUT2D eigenvalue weighted by Crippen LogP contribution is -1.88. The van der Waals surface area contributed by atoms with E-state index in [1.807, 2.05) is 11.3 Å². The van der Waals surface area contributed by atoms with E-state index in [0.29, 0.717) is 0 Å². The van der Waals surface area contributed by atoms with Crippen molar-refractivity contribution in [2.45, 2.75) is 0 Å². The third-order valence-corrected chi connectivity index (χ3v) is 9.30. The van der Waals surface area contributed by atoms with Gasteiger partial charge in [-0.05, 0) is 74.5 Å². The minimum Gasteiger partial charge on any atom is -0.247 e. The minimum atomic E-state index is 1.00. The standard InChI is InChI=1S/C37H21NS/c1-2-7-29-23(5-1)13-14-24-17-18-32(38-37(24)29)26-16-12-22-11-15-25(19-28(22)20-26)31-21-27-6-3-9-33-35(27)36-30(31)8-4-10-34(36)39-33/h1-21H. The highest BCUT2D eigenvalue weighted by Crippen LogP contribution is 2.44. The van der Waals surface area contributed by atoms with Crippen LogP contribution in [0.15, 0.2) is 127 Å². The zero-order valence-electron chi connectivity index (χ0n) is 21.0. The largest absolute Gasteiger partial charge is 0.247 e. The van der Waals surface area contributed by atoms with Crippen LogP contribution in [0.4, 0.5) is 0 Å². The quantitative estimate of drug-likeness (QED) is 0.210. The number of hydrogen-bond donors (Lipinski definition) is 0. The van der Waals surface area contributed by atoms with Crippen LogP contribution in [0.25, 0.3) is 85.8 Å². The smallest absolute Gasteiger partial charge is 0.0787 e. The summed E-state index contributed by atoms with van der Waals surface area (Å²) in [4.78, 5) is 5.15. The Balaban J connectivity index is 1.24. The molecule has 0 N–H and O–H groups in total. The van der Waals surface area contributed by atoms with Crippen LogP contribution in [-0.2, 0) is 0 Å². The number of hydrogen-bond acceptors (Lipinski definition) is 2. The van der Waals surface area contributed by atoms with Crippen LogP contribution in [0.1, 0.15) is 0 Å². The molecule has 7 aromatic carbocycles. The maximum Gasteiger partial charge on any atom is 0.0787 e. The van der Waals surface area contributed by atoms with Gasteiger partial charge in [0.25, 0.3) is 0 Å². The van der Waals surface area contributed by atoms with Crippen molar-refractivity contribution >= 4 is 74.7 Å². The van der Waals surface area contributed by atoms with Crippen molar-refractivity contribution in [3.8, 4) is 22.4 Å². The maximum absolute atomic E-state index is 5.15. The number of benzene rings is 7. The van der Waals surface area contributed by atoms with Crippen LogP contribution in [0.2, 0.25) is 0 Å². The molecule has 0 aliphatic carbocycles. The van der Waals surface area contributed by atoms with E-state index in [4.69, 9.17) is 4.98 Å². The molecule has 9 aromatic rings. The molecule has 0 saturated carbocycles. The Labute approximate surface area is 228 Å². The van der Waals surface area contributed by atoms with Crippen molar-refractivity contribution in [2.75, 3.05) is 0 Å². The second kappa shape index (κ2) is 7.86. The van der Waals surface area contributed by atoms with Gasteiger partial charge < -0.3 is 0 Å². The van der Waals surface area contributed by atoms with Crippen molar-refractivity contribution in [1.82, 2.24) is 4.98 Å². The molecule has 0 amide bonds. The van der Waals surface area contributed by atoms with Crippen molar-refractivity contribution < 1.29 is 0 Å². The van der Waals surface area contributed by atoms with Gasteiger partial charge in [-0.2, -0.15) is 0 Å². The van der Waals surface area contributed by atoms with E-state index in [0.717, 1.165) is 16.8 Å². The fourth-order valence-corrected chi connectivity index (χ4v) is 7.47. The Hall–Kier alpha value is -4.79. The van der Waals surface area contributed by atoms with Gasteiger partial charge in [-0.1, -0.05) is 91.0 Å². The molecule has 180 valence electrons. The molecule has 2 aromatic heterocycles. The average molecular weight is 512 g/mol. The highest BCUT2D eigenvalue weighted by Gasteiger charge is 2.15. The predicted octanol–water partition coefficient (Wildman–Crippen LogP) is 10.8. The zero-order chi connectivity index (χ0) is 25.5. The third-order valence-electron chi connectivity index (χ3n) is 8.18. The molecular formula is C37H21NS. The van der Waals surface area contributed by atoms with E-state index in [1.54, 1.807) is 0 Å². The van der Waals surface area contributed by atoms with Crippen LogP contribution in [-0.4, -0.2) is 4.98 Å². The second-order valence-corrected chi connectivity index (χ2v) is 11.5. The molecule has 2 heterocycles. The topological polar surface area (TPSA) is 12.9 Å². The first-order valence-corrected chi connectivity index (χ1v) is 14.1. The molecule has 0 unspecified atom stereocenters. The Bertz CT molecular complexity index is 2390. The van der Waals surface area contributed by atoms with E-state index in [1.165, 1.54) is 69.0 Å². The fourth-order valence-electron chi connectivity index (χ4n) is 6.30. The van der Waals surface area contributed by atoms with Crippen molar-refractivity contribution in [1.29, 1.82) is 0 Å². The number of pyridine rings is 1. The molecule has 0 aliphatic heterocycles. The van der Waals surface area contributed by atoms with E-state index in [2.05, 4.69) is 127 Å². The first-order chi connectivity index (χ1) is 19.3. The van der Waals surface area contributed by atoms with E-state index < -0.39 is 0 Å². The molecule has 0 fully saturated rings. The molecule has 0 bridgehead atoms. The minimum absolute atomic E-state index is 1.00. The number of nitrogens with zero attached hydrogens (tertiary/aromatic N) is 1. The van der Waals surface area contributed by atoms with Gasteiger partial charge in [0.2, 0.25) is 0 Å². The second-order valence-electron chi connectivity index (χ2n) is 10.4. The van der Waals surface area contributed by atoms with Crippen LogP contribution >= 0.6 is 11.3 Å². The van der Waals surface area contributed by atoms with Gasteiger partial charge in [0.05, 0.1) is 11.2 Å². The van der Waals surface area contributed by atoms with Crippen LogP contribution in [0.5, 0.6) is 0 Å². The first-order valence-electron chi connectivity index (χ1n) is 13.3. The first kappa shape index (κ1) is 21.2. The van der Waals surface area contributed by atoms with Gasteiger partial charge in [0.1, 0.15) is 0 Å². The average Bonchev–Trinajstić information content (AvgIpc) is 3.39. The molecule has 1 nitrogen and oxygen atoms in total. The van der Waals surface area contributed by atoms with E-state index in [-0.39, 0.29) is 0 Å². The molecule has 0 aliphatic rings. The zero-order valence-corrected chi connectivity index (χ0v) is 21.8. The van der Waals surface area contributed by atoms with Gasteiger partial charge in [-0.15, -0.1) is 11.3 Å². The van der Waals surface area contributed by atoms with Crippen LogP contribution in [0, 0.1) is 0 Å². The summed E-state index contributed by atoms with van der Waals surface area (Å²) in [6.45, 7) is 0. The summed E-state index contributed by atoms with van der Waals surface area (Å²) >= 11 is 1.89. The van der Waals surface area contributed by atoms with Crippen molar-refractivity contribution in [3.05, 3.63) is 127 Å². The van der Waals surface area contributed by atoms with Gasteiger partial charge in [-0.3, -0.25) is 0 Å². The molecule has 0 radical (unpaired) electrons. The van der Waals surface area contributed by atoms with Gasteiger partial charge >= 0.3 is 0 Å². The molecular weight excluding hydrogens is 490 g/mol. The van der Waals surface area contributed by atoms with Crippen LogP contribution in [0.3, 0.4) is 0 Å². The summed E-state index contributed by atoms with van der Waals surface area (Å²) in [5.74, 6) is 0. The Morgan fingerprint density at radius 1 is 0.436 bits per heavy atom. The Morgan fingerprint density at radius 2 is 1.13 bits per heavy atom. The molecule has 0 atom stereocenters. The highest BCUT2D eigenvalue weighted by molar-refractivity contribution is 7.26. The Kier molecular flexibility index (Phi) is 4.27. The maximum atomic E-state index is 5.15. The lowest BCUT2D eigenvalue weighted by molar-refractivity contribution is 1.42. The van der Waals surface area contributed by atoms with Crippen LogP contribution < -0.4 is 0 Å². The SMILES string of the molecule is c1ccc2c(c1)ccc1ccc(-c3ccc4ccc(-c5cc6cccc7sc8cccc5c8c67)cc4c3)nc12. The van der Waals surface area contributed by atoms with Gasteiger partial charge in [0.15, 0.2) is 0 Å². The Morgan fingerprint density at radius 3 is 2.08 bits per heavy atom. The highest BCUT2D eigenvalue weighted by atomic mass is 32.1. The normalized spacial score (nSPS) is 12.1. The van der Waals surface area contributed by atoms with E-state index in [9.17, 15) is 0 Å². The summed E-state index contributed by atoms with van der Waals surface area (Å²) in [7, 11) is 0. The predicted molar refractivity (Wildman–Crippen MR) is 169 cm³/mol. The summed E-state index contributed by atoms with van der Waals surface area (Å²) in [5.41, 5.74) is 5.74. The number of thiophene rings is 1. The molecule has 0 spiro atoms. The molecule has 39 heavy (non-hydrogen) atoms. The van der Waals surface area contributed by atoms with E-state index >= 15 is 0 Å². The molecule has 9 rings (SSSR count). The third kappa shape index (κ3) is 3.10. The number of rotatable bonds is 2. The summed E-state index contributed by atoms with van der Waals surface area (Å²) < 4.78 is 2.72. The molecule has 0 saturated heterocycles. The fraction of sp³-hybridized carbons (Fsp3) is 0. The number of aromatic nitrogens is 1. The van der Waals surface area contributed by atoms with Crippen molar-refractivity contribution in [3.63, 3.8) is 0 Å². The number of fused-ring (bicyclic) bond motifs is 4. The summed E-state index contributed by atoms with van der Waals surface area (Å²) in [6, 6.07) is 46.5. The van der Waals surface area contributed by atoms with Gasteiger partial charge in [-0.25, -0.2) is 4.98 Å². The molecule has 2 heteroatoms. The monoisotopic (exact) mass is 511 g/mol. The lowest BCUT2D eigenvalue weighted by Gasteiger charge is -2.12. The summed E-state index contributed by atoms with van der Waals surface area (Å²) in [5, 5.41) is 11.5. The lowest BCUT2D eigenvalue weighted by atomic mass is 9.92. The van der Waals surface area contributed by atoms with Gasteiger partial charge in [0, 0.05) is 36.5 Å². The van der Waals surface area contributed by atoms with Crippen molar-refractivity contribution in [2.24, 2.45) is 0 Å². The summed E-state index contributed by atoms with van der Waals surface area (Å²) in [6.07, 6.45) is 0.